The molecule has 1 saturated carbocycles. The SMILES string of the molecule is NNC1CCC([N+](=O)[O-])CC1[N+](=O)[O-]. The van der Waals surface area contributed by atoms with Crippen LogP contribution in [0.15, 0.2) is 0 Å². The Kier molecular flexibility index (Phi) is 3.31. The highest BCUT2D eigenvalue weighted by molar-refractivity contribution is 4.83. The summed E-state index contributed by atoms with van der Waals surface area (Å²) in [6.45, 7) is 0. The normalized spacial score (nSPS) is 32.5. The van der Waals surface area contributed by atoms with Gasteiger partial charge in [0.15, 0.2) is 0 Å². The third-order valence-corrected chi connectivity index (χ3v) is 2.57. The zero-order valence-electron chi connectivity index (χ0n) is 7.46. The fourth-order valence-corrected chi connectivity index (χ4v) is 1.74. The Morgan fingerprint density at radius 2 is 1.86 bits per heavy atom. The summed E-state index contributed by atoms with van der Waals surface area (Å²) in [7, 11) is 0. The molecule has 8 nitrogen and oxygen atoms in total. The summed E-state index contributed by atoms with van der Waals surface area (Å²) in [6, 6.07) is -2.22. The Bertz CT molecular complexity index is 246. The van der Waals surface area contributed by atoms with Gasteiger partial charge in [-0.3, -0.25) is 31.5 Å². The van der Waals surface area contributed by atoms with Crippen LogP contribution in [-0.2, 0) is 0 Å². The minimum absolute atomic E-state index is 0.0468. The van der Waals surface area contributed by atoms with Gasteiger partial charge in [-0.2, -0.15) is 0 Å². The van der Waals surface area contributed by atoms with Crippen molar-refractivity contribution in [1.29, 1.82) is 0 Å². The monoisotopic (exact) mass is 204 g/mol. The van der Waals surface area contributed by atoms with Gasteiger partial charge in [0.25, 0.3) is 0 Å². The maximum absolute atomic E-state index is 10.6. The van der Waals surface area contributed by atoms with Gasteiger partial charge < -0.3 is 0 Å². The summed E-state index contributed by atoms with van der Waals surface area (Å²) in [5.41, 5.74) is 2.33. The Morgan fingerprint density at radius 3 is 2.29 bits per heavy atom. The van der Waals surface area contributed by atoms with E-state index in [2.05, 4.69) is 5.43 Å². The van der Waals surface area contributed by atoms with E-state index in [1.807, 2.05) is 0 Å². The highest BCUT2D eigenvalue weighted by Crippen LogP contribution is 2.22. The van der Waals surface area contributed by atoms with Crippen LogP contribution in [0.2, 0.25) is 0 Å². The predicted octanol–water partition coefficient (Wildman–Crippen LogP) is -0.707. The summed E-state index contributed by atoms with van der Waals surface area (Å²) in [6.07, 6.45) is 0.662. The van der Waals surface area contributed by atoms with Crippen molar-refractivity contribution in [3.05, 3.63) is 20.2 Å². The maximum Gasteiger partial charge on any atom is 0.236 e. The lowest BCUT2D eigenvalue weighted by Crippen LogP contribution is -2.52. The number of hydrazine groups is 1. The molecule has 0 radical (unpaired) electrons. The fourth-order valence-electron chi connectivity index (χ4n) is 1.74. The van der Waals surface area contributed by atoms with Crippen LogP contribution >= 0.6 is 0 Å². The molecule has 80 valence electrons. The number of nitrogens with one attached hydrogen (secondary N) is 1. The second-order valence-electron chi connectivity index (χ2n) is 3.38. The Labute approximate surface area is 79.7 Å². The molecule has 3 unspecified atom stereocenters. The maximum atomic E-state index is 10.6. The predicted molar refractivity (Wildman–Crippen MR) is 46.5 cm³/mol. The molecule has 0 aromatic rings. The summed E-state index contributed by atoms with van der Waals surface area (Å²) >= 11 is 0. The lowest BCUT2D eigenvalue weighted by molar-refractivity contribution is -0.570. The zero-order valence-corrected chi connectivity index (χ0v) is 7.46. The van der Waals surface area contributed by atoms with E-state index in [9.17, 15) is 20.2 Å². The van der Waals surface area contributed by atoms with Gasteiger partial charge in [-0.25, -0.2) is 0 Å². The molecule has 8 heteroatoms. The number of hydrogen-bond acceptors (Lipinski definition) is 6. The third-order valence-electron chi connectivity index (χ3n) is 2.57. The minimum atomic E-state index is -0.954. The molecule has 3 atom stereocenters. The van der Waals surface area contributed by atoms with E-state index < -0.39 is 28.0 Å². The first-order valence-corrected chi connectivity index (χ1v) is 4.29. The quantitative estimate of drug-likeness (QED) is 0.355. The molecule has 14 heavy (non-hydrogen) atoms. The second kappa shape index (κ2) is 4.29. The van der Waals surface area contributed by atoms with Crippen molar-refractivity contribution in [3.63, 3.8) is 0 Å². The first kappa shape index (κ1) is 10.8. The molecule has 0 heterocycles. The standard InChI is InChI=1S/C6H12N4O4/c7-8-5-2-1-4(9(11)12)3-6(5)10(13)14/h4-6,8H,1-3,7H2. The molecule has 0 aromatic heterocycles. The molecule has 0 aliphatic heterocycles. The Morgan fingerprint density at radius 1 is 1.21 bits per heavy atom. The van der Waals surface area contributed by atoms with Crippen molar-refractivity contribution in [2.45, 2.75) is 37.4 Å². The van der Waals surface area contributed by atoms with Crippen LogP contribution in [0, 0.1) is 20.2 Å². The molecule has 0 bridgehead atoms. The van der Waals surface area contributed by atoms with Gasteiger partial charge in [0.2, 0.25) is 12.1 Å². The molecule has 1 aliphatic carbocycles. The molecule has 0 aromatic carbocycles. The lowest BCUT2D eigenvalue weighted by atomic mass is 9.88. The smallest absolute Gasteiger partial charge is 0.236 e. The van der Waals surface area contributed by atoms with Crippen LogP contribution in [0.1, 0.15) is 19.3 Å². The van der Waals surface area contributed by atoms with E-state index in [0.717, 1.165) is 0 Å². The molecule has 1 aliphatic rings. The van der Waals surface area contributed by atoms with Crippen molar-refractivity contribution in [1.82, 2.24) is 5.43 Å². The van der Waals surface area contributed by atoms with Gasteiger partial charge in [-0.15, -0.1) is 0 Å². The minimum Gasteiger partial charge on any atom is -0.271 e. The molecular formula is C6H12N4O4. The Hall–Kier alpha value is -1.28. The fraction of sp³-hybridized carbons (Fsp3) is 1.00. The first-order chi connectivity index (χ1) is 6.56. The summed E-state index contributed by atoms with van der Waals surface area (Å²) in [5.74, 6) is 5.13. The molecule has 0 saturated heterocycles. The van der Waals surface area contributed by atoms with Gasteiger partial charge >= 0.3 is 0 Å². The van der Waals surface area contributed by atoms with Crippen LogP contribution < -0.4 is 11.3 Å². The van der Waals surface area contributed by atoms with E-state index in [1.54, 1.807) is 0 Å². The van der Waals surface area contributed by atoms with Crippen molar-refractivity contribution in [3.8, 4) is 0 Å². The number of nitro groups is 2. The van der Waals surface area contributed by atoms with Gasteiger partial charge in [-0.1, -0.05) is 0 Å². The van der Waals surface area contributed by atoms with E-state index >= 15 is 0 Å². The number of nitrogens with two attached hydrogens (primary N) is 1. The molecule has 0 spiro atoms. The molecular weight excluding hydrogens is 192 g/mol. The van der Waals surface area contributed by atoms with Crippen LogP contribution in [0.25, 0.3) is 0 Å². The average Bonchev–Trinajstić information content (AvgIpc) is 2.16. The number of hydrogen-bond donors (Lipinski definition) is 2. The molecule has 1 fully saturated rings. The second-order valence-corrected chi connectivity index (χ2v) is 3.38. The highest BCUT2D eigenvalue weighted by atomic mass is 16.6. The summed E-state index contributed by atoms with van der Waals surface area (Å²) in [5, 5.41) is 21.0. The zero-order chi connectivity index (χ0) is 10.7. The van der Waals surface area contributed by atoms with Crippen molar-refractivity contribution in [2.24, 2.45) is 5.84 Å². The van der Waals surface area contributed by atoms with E-state index in [1.165, 1.54) is 0 Å². The summed E-state index contributed by atoms with van der Waals surface area (Å²) in [4.78, 5) is 20.1. The van der Waals surface area contributed by atoms with E-state index in [4.69, 9.17) is 5.84 Å². The van der Waals surface area contributed by atoms with E-state index in [-0.39, 0.29) is 6.42 Å². The highest BCUT2D eigenvalue weighted by Gasteiger charge is 2.42. The Balaban J connectivity index is 2.66. The number of nitrogens with zero attached hydrogens (tertiary/aromatic N) is 2. The topological polar surface area (TPSA) is 124 Å². The van der Waals surface area contributed by atoms with Crippen LogP contribution in [0.4, 0.5) is 0 Å². The summed E-state index contributed by atoms with van der Waals surface area (Å²) < 4.78 is 0. The molecule has 0 amide bonds. The van der Waals surface area contributed by atoms with Gasteiger partial charge in [0.1, 0.15) is 0 Å². The first-order valence-electron chi connectivity index (χ1n) is 4.29. The largest absolute Gasteiger partial charge is 0.271 e. The lowest BCUT2D eigenvalue weighted by Gasteiger charge is -2.26. The van der Waals surface area contributed by atoms with Crippen molar-refractivity contribution in [2.75, 3.05) is 0 Å². The van der Waals surface area contributed by atoms with Crippen LogP contribution in [0.3, 0.4) is 0 Å². The average molecular weight is 204 g/mol. The van der Waals surface area contributed by atoms with Crippen molar-refractivity contribution < 1.29 is 9.85 Å². The van der Waals surface area contributed by atoms with E-state index in [0.29, 0.717) is 12.8 Å². The number of rotatable bonds is 3. The van der Waals surface area contributed by atoms with Gasteiger partial charge in [-0.05, 0) is 6.42 Å². The van der Waals surface area contributed by atoms with Crippen LogP contribution in [-0.4, -0.2) is 28.0 Å². The van der Waals surface area contributed by atoms with Crippen LogP contribution in [0.5, 0.6) is 0 Å². The van der Waals surface area contributed by atoms with Crippen molar-refractivity contribution >= 4 is 0 Å². The molecule has 3 N–H and O–H groups in total. The van der Waals surface area contributed by atoms with Gasteiger partial charge in [0.05, 0.1) is 12.5 Å². The third kappa shape index (κ3) is 2.15. The molecule has 1 rings (SSSR count). The van der Waals surface area contributed by atoms with Gasteiger partial charge in [0, 0.05) is 16.3 Å².